The van der Waals surface area contributed by atoms with Crippen LogP contribution < -0.4 is 0 Å². The van der Waals surface area contributed by atoms with Crippen LogP contribution in [0.25, 0.3) is 0 Å². The third kappa shape index (κ3) is 55.9. The van der Waals surface area contributed by atoms with Crippen molar-refractivity contribution in [3.8, 4) is 0 Å². The molecule has 1 N–H and O–H groups in total. The van der Waals surface area contributed by atoms with E-state index in [2.05, 4.69) is 13.8 Å². The van der Waals surface area contributed by atoms with E-state index in [1.807, 2.05) is 21.1 Å². The predicted octanol–water partition coefficient (Wildman–Crippen LogP) is 18.4. The van der Waals surface area contributed by atoms with Gasteiger partial charge in [0.2, 0.25) is 0 Å². The van der Waals surface area contributed by atoms with Crippen LogP contribution in [-0.4, -0.2) is 87.4 Å². The van der Waals surface area contributed by atoms with E-state index in [4.69, 9.17) is 18.9 Å². The van der Waals surface area contributed by atoms with E-state index in [9.17, 15) is 19.5 Å². The number of carboxylic acids is 1. The molecule has 0 spiro atoms. The maximum atomic E-state index is 12.9. The molecule has 0 aromatic heterocycles. The quantitative estimate of drug-likeness (QED) is 0.0278. The Labute approximate surface area is 441 Å². The second kappa shape index (κ2) is 54.5. The van der Waals surface area contributed by atoms with Crippen molar-refractivity contribution in [1.82, 2.24) is 0 Å². The summed E-state index contributed by atoms with van der Waals surface area (Å²) >= 11 is 0. The lowest BCUT2D eigenvalue weighted by Crippen LogP contribution is -2.40. The largest absolute Gasteiger partial charge is 0.477 e. The number of quaternary nitrogens is 1. The molecule has 0 aliphatic rings. The summed E-state index contributed by atoms with van der Waals surface area (Å²) in [4.78, 5) is 37.4. The highest BCUT2D eigenvalue weighted by atomic mass is 16.7. The van der Waals surface area contributed by atoms with Crippen molar-refractivity contribution < 1.29 is 42.9 Å². The van der Waals surface area contributed by atoms with E-state index < -0.39 is 18.4 Å². The second-order valence-electron chi connectivity index (χ2n) is 22.7. The van der Waals surface area contributed by atoms with E-state index in [1.54, 1.807) is 0 Å². The summed E-state index contributed by atoms with van der Waals surface area (Å²) in [6, 6.07) is 0. The van der Waals surface area contributed by atoms with Crippen LogP contribution in [0.5, 0.6) is 0 Å². The van der Waals surface area contributed by atoms with E-state index in [0.717, 1.165) is 38.5 Å². The highest BCUT2D eigenvalue weighted by Gasteiger charge is 2.25. The molecule has 9 nitrogen and oxygen atoms in total. The van der Waals surface area contributed by atoms with Gasteiger partial charge in [0, 0.05) is 12.8 Å². The third-order valence-electron chi connectivity index (χ3n) is 14.4. The zero-order valence-electron chi connectivity index (χ0n) is 48.2. The lowest BCUT2D eigenvalue weighted by molar-refractivity contribution is -0.870. The summed E-state index contributed by atoms with van der Waals surface area (Å²) in [7, 11) is 5.99. The van der Waals surface area contributed by atoms with E-state index in [0.29, 0.717) is 17.4 Å². The van der Waals surface area contributed by atoms with Crippen LogP contribution in [0.2, 0.25) is 0 Å². The smallest absolute Gasteiger partial charge is 0.361 e. The molecule has 2 unspecified atom stereocenters. The number of nitrogens with zero attached hydrogens (tertiary/aromatic N) is 1. The summed E-state index contributed by atoms with van der Waals surface area (Å²) in [6.07, 6.45) is 59.1. The molecule has 0 fully saturated rings. The SMILES string of the molecule is CCCCCCCCCCCCCCCCCCCCCCCCCCCCCCCC(=O)OC(COC(=O)CCCCCCCCCCCCCCCCCCC)COC(OCC[N+](C)(C)C)C(=O)O. The zero-order chi connectivity index (χ0) is 52.0. The topological polar surface area (TPSA) is 108 Å². The molecular formula is C62H122NO8+. The number of hydrogen-bond donors (Lipinski definition) is 1. The second-order valence-corrected chi connectivity index (χ2v) is 22.7. The van der Waals surface area contributed by atoms with Gasteiger partial charge in [-0.1, -0.05) is 296 Å². The molecule has 71 heavy (non-hydrogen) atoms. The first-order valence-corrected chi connectivity index (χ1v) is 31.2. The Morgan fingerprint density at radius 1 is 0.366 bits per heavy atom. The molecule has 0 radical (unpaired) electrons. The van der Waals surface area contributed by atoms with Gasteiger partial charge in [-0.25, -0.2) is 4.79 Å². The molecule has 0 aliphatic carbocycles. The number of esters is 2. The maximum Gasteiger partial charge on any atom is 0.361 e. The van der Waals surface area contributed by atoms with E-state index in [-0.39, 0.29) is 38.2 Å². The number of carbonyl (C=O) groups is 3. The van der Waals surface area contributed by atoms with Gasteiger partial charge >= 0.3 is 17.9 Å². The molecular weight excluding hydrogens is 887 g/mol. The minimum absolute atomic E-state index is 0.172. The van der Waals surface area contributed by atoms with Gasteiger partial charge in [0.05, 0.1) is 34.4 Å². The highest BCUT2D eigenvalue weighted by Crippen LogP contribution is 2.19. The summed E-state index contributed by atoms with van der Waals surface area (Å²) in [5.41, 5.74) is 0. The van der Waals surface area contributed by atoms with Crippen molar-refractivity contribution in [2.75, 3.05) is 47.5 Å². The molecule has 2 atom stereocenters. The average Bonchev–Trinajstić information content (AvgIpc) is 3.34. The third-order valence-corrected chi connectivity index (χ3v) is 14.4. The Bertz CT molecular complexity index is 1130. The standard InChI is InChI=1S/C62H121NO8/c1-6-8-10-12-14-16-18-20-22-24-25-26-27-28-29-30-31-32-33-34-35-37-39-41-43-45-47-49-51-53-60(65)71-58(57-70-62(61(66)67)68-55-54-63(3,4)5)56-69-59(64)52-50-48-46-44-42-40-38-36-23-21-19-17-15-13-11-9-7-2/h58,62H,6-57H2,1-5H3/p+1. The van der Waals surface area contributed by atoms with Crippen molar-refractivity contribution in [1.29, 1.82) is 0 Å². The van der Waals surface area contributed by atoms with Gasteiger partial charge < -0.3 is 28.5 Å². The highest BCUT2D eigenvalue weighted by molar-refractivity contribution is 5.71. The van der Waals surface area contributed by atoms with Gasteiger partial charge in [-0.05, 0) is 12.8 Å². The molecule has 0 aromatic carbocycles. The van der Waals surface area contributed by atoms with Crippen LogP contribution in [0.4, 0.5) is 0 Å². The Balaban J connectivity index is 4.08. The molecule has 0 heterocycles. The van der Waals surface area contributed by atoms with Gasteiger partial charge in [-0.3, -0.25) is 9.59 Å². The minimum Gasteiger partial charge on any atom is -0.477 e. The molecule has 422 valence electrons. The first-order chi connectivity index (χ1) is 34.6. The minimum atomic E-state index is -1.50. The maximum absolute atomic E-state index is 12.9. The first-order valence-electron chi connectivity index (χ1n) is 31.2. The number of likely N-dealkylation sites (N-methyl/N-ethyl adjacent to an activating group) is 1. The van der Waals surface area contributed by atoms with Crippen LogP contribution >= 0.6 is 0 Å². The Morgan fingerprint density at radius 3 is 0.901 bits per heavy atom. The summed E-state index contributed by atoms with van der Waals surface area (Å²) in [5, 5.41) is 9.71. The lowest BCUT2D eigenvalue weighted by atomic mass is 10.0. The van der Waals surface area contributed by atoms with Crippen LogP contribution in [-0.2, 0) is 33.3 Å². The van der Waals surface area contributed by atoms with Crippen LogP contribution in [0.3, 0.4) is 0 Å². The fourth-order valence-electron chi connectivity index (χ4n) is 9.55. The number of hydrogen-bond acceptors (Lipinski definition) is 7. The fraction of sp³-hybridized carbons (Fsp3) is 0.952. The van der Waals surface area contributed by atoms with Gasteiger partial charge in [-0.2, -0.15) is 0 Å². The number of aliphatic carboxylic acids is 1. The van der Waals surface area contributed by atoms with Crippen molar-refractivity contribution in [3.05, 3.63) is 0 Å². The average molecular weight is 1010 g/mol. The van der Waals surface area contributed by atoms with E-state index >= 15 is 0 Å². The van der Waals surface area contributed by atoms with Crippen molar-refractivity contribution in [3.63, 3.8) is 0 Å². The molecule has 9 heteroatoms. The molecule has 0 saturated heterocycles. The van der Waals surface area contributed by atoms with Gasteiger partial charge in [0.1, 0.15) is 13.2 Å². The zero-order valence-corrected chi connectivity index (χ0v) is 48.2. The van der Waals surface area contributed by atoms with E-state index in [1.165, 1.54) is 257 Å². The fourth-order valence-corrected chi connectivity index (χ4v) is 9.55. The molecule has 0 rings (SSSR count). The van der Waals surface area contributed by atoms with Crippen LogP contribution in [0, 0.1) is 0 Å². The lowest BCUT2D eigenvalue weighted by Gasteiger charge is -2.25. The summed E-state index contributed by atoms with van der Waals surface area (Å²) in [5.74, 6) is -1.97. The predicted molar refractivity (Wildman–Crippen MR) is 300 cm³/mol. The van der Waals surface area contributed by atoms with Gasteiger partial charge in [0.15, 0.2) is 6.10 Å². The van der Waals surface area contributed by atoms with Gasteiger partial charge in [0.25, 0.3) is 6.29 Å². The van der Waals surface area contributed by atoms with Gasteiger partial charge in [-0.15, -0.1) is 0 Å². The monoisotopic (exact) mass is 1010 g/mol. The number of unbranched alkanes of at least 4 members (excludes halogenated alkanes) is 44. The number of carboxylic acid groups (broad SMARTS) is 1. The summed E-state index contributed by atoms with van der Waals surface area (Å²) < 4.78 is 22.9. The Hall–Kier alpha value is -1.71. The van der Waals surface area contributed by atoms with Crippen molar-refractivity contribution >= 4 is 17.9 Å². The molecule has 0 aromatic rings. The van der Waals surface area contributed by atoms with Crippen LogP contribution in [0.15, 0.2) is 0 Å². The molecule has 0 saturated carbocycles. The number of ether oxygens (including phenoxy) is 4. The molecule has 0 aliphatic heterocycles. The molecule has 0 amide bonds. The van der Waals surface area contributed by atoms with Crippen LogP contribution in [0.1, 0.15) is 322 Å². The first kappa shape index (κ1) is 69.3. The van der Waals surface area contributed by atoms with Crippen molar-refractivity contribution in [2.24, 2.45) is 0 Å². The number of carbonyl (C=O) groups excluding carboxylic acids is 2. The summed E-state index contributed by atoms with van der Waals surface area (Å²) in [6.45, 7) is 4.95. The molecule has 0 bridgehead atoms. The normalized spacial score (nSPS) is 12.6. The number of rotatable bonds is 59. The Kier molecular flexibility index (Phi) is 53.2. The Morgan fingerprint density at radius 2 is 0.634 bits per heavy atom. The van der Waals surface area contributed by atoms with Crippen molar-refractivity contribution in [2.45, 2.75) is 334 Å².